The highest BCUT2D eigenvalue weighted by Gasteiger charge is 2.04. The first kappa shape index (κ1) is 17.4. The van der Waals surface area contributed by atoms with Gasteiger partial charge in [-0.25, -0.2) is 0 Å². The molecule has 18 heavy (non-hydrogen) atoms. The van der Waals surface area contributed by atoms with Gasteiger partial charge in [-0.2, -0.15) is 0 Å². The quantitative estimate of drug-likeness (QED) is 0.445. The second-order valence-corrected chi connectivity index (χ2v) is 4.84. The van der Waals surface area contributed by atoms with Crippen LogP contribution in [0.25, 0.3) is 0 Å². The lowest BCUT2D eigenvalue weighted by atomic mass is 10.1. The zero-order chi connectivity index (χ0) is 12.3. The Morgan fingerprint density at radius 1 is 0.944 bits per heavy atom. The van der Waals surface area contributed by atoms with Crippen LogP contribution in [0.2, 0.25) is 0 Å². The van der Waals surface area contributed by atoms with Crippen molar-refractivity contribution < 1.29 is 17.1 Å². The fourth-order valence-corrected chi connectivity index (χ4v) is 1.97. The summed E-state index contributed by atoms with van der Waals surface area (Å²) in [6, 6.07) is 0. The average molecular weight is 274 g/mol. The Bertz CT molecular complexity index is 286. The van der Waals surface area contributed by atoms with Gasteiger partial charge in [0, 0.05) is 0 Å². The molecule has 4 heteroatoms. The van der Waals surface area contributed by atoms with Gasteiger partial charge >= 0.3 is 0 Å². The van der Waals surface area contributed by atoms with Gasteiger partial charge in [-0.15, -0.1) is 9.36 Å². The molecule has 3 nitrogen and oxygen atoms in total. The molecule has 0 saturated heterocycles. The first-order chi connectivity index (χ1) is 8.36. The summed E-state index contributed by atoms with van der Waals surface area (Å²) in [5.41, 5.74) is 0. The summed E-state index contributed by atoms with van der Waals surface area (Å²) in [6.07, 6.45) is 14.7. The second kappa shape index (κ2) is 11.5. The monoisotopic (exact) mass is 273 g/mol. The molecule has 0 unspecified atom stereocenters. The van der Waals surface area contributed by atoms with E-state index in [4.69, 9.17) is 0 Å². The summed E-state index contributed by atoms with van der Waals surface area (Å²) in [7, 11) is 0. The Labute approximate surface area is 118 Å². The van der Waals surface area contributed by atoms with Gasteiger partial charge < -0.3 is 12.4 Å². The Morgan fingerprint density at radius 3 is 2.33 bits per heavy atom. The Balaban J connectivity index is 0.00000289. The molecule has 0 bridgehead atoms. The molecule has 1 heterocycles. The molecule has 106 valence electrons. The third-order valence-corrected chi connectivity index (χ3v) is 3.12. The molecule has 0 aliphatic carbocycles. The normalized spacial score (nSPS) is 10.3. The molecule has 1 aromatic heterocycles. The molecule has 0 spiro atoms. The summed E-state index contributed by atoms with van der Waals surface area (Å²) < 4.78 is 4.13. The second-order valence-electron chi connectivity index (χ2n) is 4.84. The maximum atomic E-state index is 4.52. The van der Waals surface area contributed by atoms with Crippen LogP contribution >= 0.6 is 0 Å². The fourth-order valence-electron chi connectivity index (χ4n) is 1.97. The van der Waals surface area contributed by atoms with Crippen molar-refractivity contribution in [2.24, 2.45) is 0 Å². The lowest BCUT2D eigenvalue weighted by molar-refractivity contribution is -0.755. The first-order valence-electron chi connectivity index (χ1n) is 7.30. The van der Waals surface area contributed by atoms with Crippen molar-refractivity contribution in [1.29, 1.82) is 0 Å². The van der Waals surface area contributed by atoms with Crippen molar-refractivity contribution in [2.75, 3.05) is 0 Å². The van der Waals surface area contributed by atoms with E-state index in [1.54, 1.807) is 0 Å². The maximum Gasteiger partial charge on any atom is 0.155 e. The summed E-state index contributed by atoms with van der Waals surface area (Å²) in [5.74, 6) is 0. The van der Waals surface area contributed by atoms with Crippen molar-refractivity contribution in [2.45, 2.75) is 78.3 Å². The number of unbranched alkanes of at least 4 members (excludes halogenated alkanes) is 6. The SMILES string of the molecule is CCCCCCCC[n+]1ccn(CCCC)n1.[Cl-]. The van der Waals surface area contributed by atoms with Gasteiger partial charge in [0.25, 0.3) is 0 Å². The number of hydrogen-bond donors (Lipinski definition) is 0. The lowest BCUT2D eigenvalue weighted by Gasteiger charge is -1.97. The van der Waals surface area contributed by atoms with Crippen LogP contribution < -0.4 is 17.1 Å². The summed E-state index contributed by atoms with van der Waals surface area (Å²) in [4.78, 5) is 0. The lowest BCUT2D eigenvalue weighted by Crippen LogP contribution is -3.00. The minimum absolute atomic E-state index is 0. The van der Waals surface area contributed by atoms with E-state index in [0.717, 1.165) is 13.1 Å². The van der Waals surface area contributed by atoms with Gasteiger partial charge in [-0.05, 0) is 19.3 Å². The van der Waals surface area contributed by atoms with Crippen molar-refractivity contribution in [3.8, 4) is 0 Å². The Hall–Kier alpha value is -0.570. The average Bonchev–Trinajstić information content (AvgIpc) is 2.79. The van der Waals surface area contributed by atoms with Crippen LogP contribution in [-0.4, -0.2) is 9.90 Å². The molecular weight excluding hydrogens is 246 g/mol. The van der Waals surface area contributed by atoms with Crippen LogP contribution in [0.15, 0.2) is 12.4 Å². The van der Waals surface area contributed by atoms with E-state index in [2.05, 4.69) is 40.8 Å². The molecule has 0 radical (unpaired) electrons. The van der Waals surface area contributed by atoms with Crippen molar-refractivity contribution in [1.82, 2.24) is 9.90 Å². The number of halogens is 1. The van der Waals surface area contributed by atoms with E-state index in [9.17, 15) is 0 Å². The summed E-state index contributed by atoms with van der Waals surface area (Å²) in [6.45, 7) is 6.61. The number of rotatable bonds is 10. The van der Waals surface area contributed by atoms with Crippen LogP contribution in [0.4, 0.5) is 0 Å². The molecule has 0 N–H and O–H groups in total. The van der Waals surface area contributed by atoms with Crippen LogP contribution in [0.1, 0.15) is 65.2 Å². The topological polar surface area (TPSA) is 21.7 Å². The van der Waals surface area contributed by atoms with Gasteiger partial charge in [0.05, 0.1) is 5.21 Å². The maximum absolute atomic E-state index is 4.52. The Kier molecular flexibility index (Phi) is 11.2. The zero-order valence-corrected chi connectivity index (χ0v) is 12.7. The smallest absolute Gasteiger partial charge is 0.155 e. The highest BCUT2D eigenvalue weighted by molar-refractivity contribution is 4.57. The van der Waals surface area contributed by atoms with Crippen molar-refractivity contribution in [3.63, 3.8) is 0 Å². The van der Waals surface area contributed by atoms with Gasteiger partial charge in [0.2, 0.25) is 0 Å². The number of aromatic nitrogens is 3. The largest absolute Gasteiger partial charge is 1.00 e. The molecule has 0 fully saturated rings. The predicted octanol–water partition coefficient (Wildman–Crippen LogP) is 0.335. The molecule has 0 saturated carbocycles. The summed E-state index contributed by atoms with van der Waals surface area (Å²) in [5, 5.41) is 4.52. The molecule has 0 aliphatic rings. The summed E-state index contributed by atoms with van der Waals surface area (Å²) >= 11 is 0. The number of nitrogens with zero attached hydrogens (tertiary/aromatic N) is 3. The third kappa shape index (κ3) is 7.70. The molecule has 1 rings (SSSR count). The molecular formula is C14H28ClN3. The van der Waals surface area contributed by atoms with Crippen LogP contribution in [-0.2, 0) is 13.1 Å². The zero-order valence-electron chi connectivity index (χ0n) is 11.9. The van der Waals surface area contributed by atoms with E-state index in [1.165, 1.54) is 51.4 Å². The highest BCUT2D eigenvalue weighted by Crippen LogP contribution is 2.04. The number of aryl methyl sites for hydroxylation is 2. The fraction of sp³-hybridized carbons (Fsp3) is 0.857. The van der Waals surface area contributed by atoms with Crippen molar-refractivity contribution >= 4 is 0 Å². The minimum atomic E-state index is 0. The standard InChI is InChI=1S/C14H28N3.ClH/c1-3-5-7-8-9-10-12-17-14-13-16(15-17)11-6-4-2;/h13-14H,3-12H2,1-2H3;1H/q+1;/p-1. The van der Waals surface area contributed by atoms with Gasteiger partial charge in [-0.1, -0.05) is 46.0 Å². The van der Waals surface area contributed by atoms with Crippen LogP contribution in [0.3, 0.4) is 0 Å². The first-order valence-corrected chi connectivity index (χ1v) is 7.30. The van der Waals surface area contributed by atoms with Crippen LogP contribution in [0.5, 0.6) is 0 Å². The third-order valence-electron chi connectivity index (χ3n) is 3.12. The van der Waals surface area contributed by atoms with Gasteiger partial charge in [0.1, 0.15) is 13.1 Å². The van der Waals surface area contributed by atoms with Gasteiger partial charge in [-0.3, -0.25) is 0 Å². The highest BCUT2D eigenvalue weighted by atomic mass is 35.5. The predicted molar refractivity (Wildman–Crippen MR) is 70.7 cm³/mol. The molecule has 1 aromatic rings. The van der Waals surface area contributed by atoms with Crippen molar-refractivity contribution in [3.05, 3.63) is 12.4 Å². The van der Waals surface area contributed by atoms with E-state index < -0.39 is 0 Å². The Morgan fingerprint density at radius 2 is 1.61 bits per heavy atom. The van der Waals surface area contributed by atoms with E-state index >= 15 is 0 Å². The van der Waals surface area contributed by atoms with E-state index in [-0.39, 0.29) is 12.4 Å². The molecule has 0 aromatic carbocycles. The number of hydrogen-bond acceptors (Lipinski definition) is 1. The minimum Gasteiger partial charge on any atom is -1.00 e. The van der Waals surface area contributed by atoms with Crippen LogP contribution in [0, 0.1) is 0 Å². The molecule has 0 amide bonds. The molecule has 0 aliphatic heterocycles. The van der Waals surface area contributed by atoms with E-state index in [1.807, 2.05) is 0 Å². The van der Waals surface area contributed by atoms with E-state index in [0.29, 0.717) is 0 Å². The van der Waals surface area contributed by atoms with Gasteiger partial charge in [0.15, 0.2) is 12.4 Å². The molecule has 0 atom stereocenters.